The molecule has 0 aliphatic rings. The van der Waals surface area contributed by atoms with Crippen molar-refractivity contribution in [2.75, 3.05) is 26.1 Å². The number of alkyl halides is 3. The molecule has 1 rings (SSSR count). The average molecular weight is 348 g/mol. The summed E-state index contributed by atoms with van der Waals surface area (Å²) < 4.78 is 43.3. The SMILES string of the molecule is COC(=O)C(O)(/C(=C/c1ccc(N(C)C)cc1)[N+](=O)[O-])C(F)(F)F. The number of anilines is 1. The molecule has 0 aromatic heterocycles. The first-order valence-corrected chi connectivity index (χ1v) is 6.46. The first kappa shape index (κ1) is 19.4. The number of methoxy groups -OCH3 is 1. The monoisotopic (exact) mass is 348 g/mol. The molecule has 132 valence electrons. The Hall–Kier alpha value is -2.62. The highest BCUT2D eigenvalue weighted by atomic mass is 19.4. The average Bonchev–Trinajstić information content (AvgIpc) is 2.50. The van der Waals surface area contributed by atoms with Crippen LogP contribution in [0.1, 0.15) is 5.56 Å². The van der Waals surface area contributed by atoms with Gasteiger partial charge in [0.15, 0.2) is 0 Å². The number of carbonyl (C=O) groups is 1. The molecule has 24 heavy (non-hydrogen) atoms. The van der Waals surface area contributed by atoms with Crippen LogP contribution in [-0.4, -0.2) is 49.0 Å². The van der Waals surface area contributed by atoms with Crippen LogP contribution in [-0.2, 0) is 9.53 Å². The van der Waals surface area contributed by atoms with E-state index in [0.29, 0.717) is 18.9 Å². The number of benzene rings is 1. The second kappa shape index (κ2) is 6.87. The molecular formula is C14H15F3N2O5. The fourth-order valence-electron chi connectivity index (χ4n) is 1.83. The van der Waals surface area contributed by atoms with E-state index in [4.69, 9.17) is 0 Å². The third kappa shape index (κ3) is 3.65. The van der Waals surface area contributed by atoms with Crippen molar-refractivity contribution >= 4 is 17.7 Å². The lowest BCUT2D eigenvalue weighted by Gasteiger charge is -2.24. The van der Waals surface area contributed by atoms with Crippen molar-refractivity contribution in [2.45, 2.75) is 11.8 Å². The summed E-state index contributed by atoms with van der Waals surface area (Å²) in [5.41, 5.74) is -5.43. The molecule has 0 aliphatic heterocycles. The van der Waals surface area contributed by atoms with Gasteiger partial charge in [0.25, 0.3) is 5.70 Å². The predicted molar refractivity (Wildman–Crippen MR) is 78.8 cm³/mol. The molecule has 0 saturated heterocycles. The van der Waals surface area contributed by atoms with Gasteiger partial charge >= 0.3 is 17.7 Å². The molecule has 1 atom stereocenters. The normalized spacial score (nSPS) is 14.7. The topological polar surface area (TPSA) is 92.9 Å². The number of nitrogens with zero attached hydrogens (tertiary/aromatic N) is 2. The maximum atomic E-state index is 13.1. The van der Waals surface area contributed by atoms with Crippen LogP contribution < -0.4 is 4.90 Å². The Morgan fingerprint density at radius 3 is 2.12 bits per heavy atom. The Labute approximate surface area is 135 Å². The molecule has 0 saturated carbocycles. The first-order valence-electron chi connectivity index (χ1n) is 6.46. The molecule has 0 aliphatic carbocycles. The summed E-state index contributed by atoms with van der Waals surface area (Å²) in [6, 6.07) is 5.64. The summed E-state index contributed by atoms with van der Waals surface area (Å²) in [5.74, 6) is -2.19. The number of nitro groups is 1. The molecule has 7 nitrogen and oxygen atoms in total. The zero-order chi connectivity index (χ0) is 18.7. The molecule has 0 bridgehead atoms. The lowest BCUT2D eigenvalue weighted by molar-refractivity contribution is -0.454. The zero-order valence-corrected chi connectivity index (χ0v) is 13.0. The standard InChI is InChI=1S/C14H15F3N2O5/c1-18(2)10-6-4-9(5-7-10)8-11(19(22)23)13(21,12(20)24-3)14(15,16)17/h4-8,21H,1-3H3/b11-8-. The fraction of sp³-hybridized carbons (Fsp3) is 0.357. The lowest BCUT2D eigenvalue weighted by Crippen LogP contribution is -2.55. The summed E-state index contributed by atoms with van der Waals surface area (Å²) in [5, 5.41) is 20.8. The van der Waals surface area contributed by atoms with E-state index in [-0.39, 0.29) is 5.56 Å². The third-order valence-electron chi connectivity index (χ3n) is 3.17. The van der Waals surface area contributed by atoms with E-state index >= 15 is 0 Å². The van der Waals surface area contributed by atoms with E-state index in [1.165, 1.54) is 24.3 Å². The maximum Gasteiger partial charge on any atom is 0.439 e. The maximum absolute atomic E-state index is 13.1. The van der Waals surface area contributed by atoms with Gasteiger partial charge in [0.1, 0.15) is 0 Å². The fourth-order valence-corrected chi connectivity index (χ4v) is 1.83. The van der Waals surface area contributed by atoms with Gasteiger partial charge in [-0.05, 0) is 17.7 Å². The highest BCUT2D eigenvalue weighted by Crippen LogP contribution is 2.38. The van der Waals surface area contributed by atoms with Crippen LogP contribution in [0.5, 0.6) is 0 Å². The van der Waals surface area contributed by atoms with Gasteiger partial charge in [0.2, 0.25) is 0 Å². The van der Waals surface area contributed by atoms with Gasteiger partial charge in [-0.15, -0.1) is 0 Å². The first-order chi connectivity index (χ1) is 10.9. The molecule has 10 heteroatoms. The number of hydrogen-bond donors (Lipinski definition) is 1. The van der Waals surface area contributed by atoms with E-state index < -0.39 is 28.4 Å². The van der Waals surface area contributed by atoms with E-state index in [9.17, 15) is 33.2 Å². The molecule has 1 aromatic rings. The zero-order valence-electron chi connectivity index (χ0n) is 13.0. The van der Waals surface area contributed by atoms with Crippen LogP contribution >= 0.6 is 0 Å². The van der Waals surface area contributed by atoms with Crippen LogP contribution in [0.25, 0.3) is 6.08 Å². The summed E-state index contributed by atoms with van der Waals surface area (Å²) >= 11 is 0. The second-order valence-corrected chi connectivity index (χ2v) is 4.97. The molecule has 1 unspecified atom stereocenters. The van der Waals surface area contributed by atoms with Crippen LogP contribution in [0.2, 0.25) is 0 Å². The van der Waals surface area contributed by atoms with Gasteiger partial charge in [0.05, 0.1) is 12.0 Å². The van der Waals surface area contributed by atoms with Gasteiger partial charge in [-0.25, -0.2) is 4.79 Å². The minimum atomic E-state index is -5.64. The van der Waals surface area contributed by atoms with Crippen LogP contribution in [0.15, 0.2) is 30.0 Å². The highest BCUT2D eigenvalue weighted by Gasteiger charge is 2.68. The van der Waals surface area contributed by atoms with Crippen molar-refractivity contribution in [1.82, 2.24) is 0 Å². The van der Waals surface area contributed by atoms with Crippen molar-refractivity contribution in [2.24, 2.45) is 0 Å². The smallest absolute Gasteiger partial charge is 0.439 e. The van der Waals surface area contributed by atoms with Gasteiger partial charge in [-0.3, -0.25) is 10.1 Å². The molecule has 1 N–H and O–H groups in total. The van der Waals surface area contributed by atoms with Crippen molar-refractivity contribution < 1.29 is 32.7 Å². The molecule has 0 amide bonds. The molecule has 1 aromatic carbocycles. The van der Waals surface area contributed by atoms with E-state index in [0.717, 1.165) is 0 Å². The van der Waals surface area contributed by atoms with E-state index in [1.54, 1.807) is 19.0 Å². The predicted octanol–water partition coefficient (Wildman–Crippen LogP) is 1.84. The highest BCUT2D eigenvalue weighted by molar-refractivity contribution is 5.85. The van der Waals surface area contributed by atoms with Crippen LogP contribution in [0, 0.1) is 10.1 Å². The minimum absolute atomic E-state index is 0.00104. The number of esters is 1. The Morgan fingerprint density at radius 2 is 1.79 bits per heavy atom. The molecular weight excluding hydrogens is 333 g/mol. The molecule has 0 radical (unpaired) electrons. The second-order valence-electron chi connectivity index (χ2n) is 4.97. The van der Waals surface area contributed by atoms with Gasteiger partial charge in [0, 0.05) is 25.9 Å². The Kier molecular flexibility index (Phi) is 5.56. The van der Waals surface area contributed by atoms with Gasteiger partial charge in [-0.2, -0.15) is 13.2 Å². The van der Waals surface area contributed by atoms with Gasteiger partial charge in [-0.1, -0.05) is 12.1 Å². The number of ether oxygens (including phenoxy) is 1. The molecule has 0 heterocycles. The largest absolute Gasteiger partial charge is 0.466 e. The Morgan fingerprint density at radius 1 is 1.29 bits per heavy atom. The quantitative estimate of drug-likeness (QED) is 0.496. The summed E-state index contributed by atoms with van der Waals surface area (Å²) in [6.07, 6.45) is -5.16. The van der Waals surface area contributed by atoms with Crippen molar-refractivity contribution in [1.29, 1.82) is 0 Å². The minimum Gasteiger partial charge on any atom is -0.466 e. The number of halogens is 3. The van der Waals surface area contributed by atoms with Crippen molar-refractivity contribution in [3.05, 3.63) is 45.6 Å². The van der Waals surface area contributed by atoms with Crippen molar-refractivity contribution in [3.8, 4) is 0 Å². The lowest BCUT2D eigenvalue weighted by atomic mass is 9.97. The number of carbonyl (C=O) groups excluding carboxylic acids is 1. The number of hydrogen-bond acceptors (Lipinski definition) is 6. The number of aliphatic hydroxyl groups is 1. The van der Waals surface area contributed by atoms with Gasteiger partial charge < -0.3 is 14.7 Å². The van der Waals surface area contributed by atoms with E-state index in [1.807, 2.05) is 0 Å². The van der Waals surface area contributed by atoms with Crippen LogP contribution in [0.4, 0.5) is 18.9 Å². The summed E-state index contributed by atoms with van der Waals surface area (Å²) in [6.45, 7) is 0. The number of rotatable bonds is 5. The molecule has 0 spiro atoms. The summed E-state index contributed by atoms with van der Waals surface area (Å²) in [7, 11) is 4.04. The molecule has 0 fully saturated rings. The Balaban J connectivity index is 3.49. The Bertz CT molecular complexity index is 655. The third-order valence-corrected chi connectivity index (χ3v) is 3.17. The van der Waals surface area contributed by atoms with Crippen molar-refractivity contribution in [3.63, 3.8) is 0 Å². The van der Waals surface area contributed by atoms with Crippen LogP contribution in [0.3, 0.4) is 0 Å². The summed E-state index contributed by atoms with van der Waals surface area (Å²) in [4.78, 5) is 22.7. The van der Waals surface area contributed by atoms with E-state index in [2.05, 4.69) is 4.74 Å².